The number of carboxylic acids is 2. The Labute approximate surface area is 202 Å². The van der Waals surface area contributed by atoms with E-state index in [4.69, 9.17) is 10.2 Å². The molecule has 2 aliphatic heterocycles. The molecule has 0 bridgehead atoms. The fourth-order valence-electron chi connectivity index (χ4n) is 5.51. The van der Waals surface area contributed by atoms with Gasteiger partial charge >= 0.3 is 11.9 Å². The molecule has 1 saturated carbocycles. The number of nitrogens with zero attached hydrogens (tertiary/aromatic N) is 2. The summed E-state index contributed by atoms with van der Waals surface area (Å²) in [6, 6.07) is 12.0. The van der Waals surface area contributed by atoms with Gasteiger partial charge in [-0.05, 0) is 62.5 Å². The lowest BCUT2D eigenvalue weighted by molar-refractivity contribution is -0.134. The molecule has 0 aromatic heterocycles. The van der Waals surface area contributed by atoms with Crippen molar-refractivity contribution < 1.29 is 19.8 Å². The summed E-state index contributed by atoms with van der Waals surface area (Å²) < 4.78 is 0. The standard InChI is InChI=1S/C22H34N2S.C4H4O4/c1-18(2)19-8-10-20(11-9-19)23-14-12-22(13-15-23)24(16-17-25-22)21-6-4-3-5-7-21;5-3(6)1-2-4(7)8/h3-7,18-20H,8-17H2,1-2H3;1-2H,(H,5,6)(H,7,8)/b;2-1+/t19-,20+;. The van der Waals surface area contributed by atoms with Crippen LogP contribution >= 0.6 is 11.8 Å². The van der Waals surface area contributed by atoms with E-state index in [2.05, 4.69) is 65.7 Å². The number of piperidine rings is 1. The van der Waals surface area contributed by atoms with Gasteiger partial charge in [0.1, 0.15) is 0 Å². The van der Waals surface area contributed by atoms with Crippen LogP contribution in [-0.2, 0) is 9.59 Å². The highest BCUT2D eigenvalue weighted by atomic mass is 32.2. The van der Waals surface area contributed by atoms with E-state index in [1.54, 1.807) is 0 Å². The van der Waals surface area contributed by atoms with Gasteiger partial charge in [-0.2, -0.15) is 0 Å². The Morgan fingerprint density at radius 1 is 0.970 bits per heavy atom. The van der Waals surface area contributed by atoms with Crippen LogP contribution in [0.15, 0.2) is 42.5 Å². The predicted octanol–water partition coefficient (Wildman–Crippen LogP) is 4.96. The Morgan fingerprint density at radius 2 is 1.55 bits per heavy atom. The Bertz CT molecular complexity index is 782. The molecular formula is C26H38N2O4S. The zero-order valence-corrected chi connectivity index (χ0v) is 20.7. The number of carbonyl (C=O) groups is 2. The number of likely N-dealkylation sites (tertiary alicyclic amines) is 1. The van der Waals surface area contributed by atoms with Crippen LogP contribution in [0, 0.1) is 11.8 Å². The molecule has 7 heteroatoms. The minimum absolute atomic E-state index is 0.368. The largest absolute Gasteiger partial charge is 0.478 e. The van der Waals surface area contributed by atoms with E-state index in [0.717, 1.165) is 17.9 Å². The maximum absolute atomic E-state index is 9.55. The van der Waals surface area contributed by atoms with Crippen LogP contribution in [0.5, 0.6) is 0 Å². The Hall–Kier alpha value is -1.99. The van der Waals surface area contributed by atoms with Crippen molar-refractivity contribution in [3.05, 3.63) is 42.5 Å². The van der Waals surface area contributed by atoms with E-state index in [1.807, 2.05) is 0 Å². The number of carboxylic acid groups (broad SMARTS) is 2. The first-order valence-corrected chi connectivity index (χ1v) is 13.1. The van der Waals surface area contributed by atoms with E-state index in [-0.39, 0.29) is 0 Å². The molecule has 1 aliphatic carbocycles. The van der Waals surface area contributed by atoms with Gasteiger partial charge in [-0.3, -0.25) is 0 Å². The van der Waals surface area contributed by atoms with E-state index >= 15 is 0 Å². The molecule has 1 aromatic rings. The second-order valence-electron chi connectivity index (χ2n) is 9.64. The molecular weight excluding hydrogens is 436 g/mol. The number of benzene rings is 1. The van der Waals surface area contributed by atoms with Crippen molar-refractivity contribution in [3.63, 3.8) is 0 Å². The second kappa shape index (κ2) is 11.9. The van der Waals surface area contributed by atoms with E-state index in [0.29, 0.717) is 17.0 Å². The van der Waals surface area contributed by atoms with Crippen molar-refractivity contribution in [2.45, 2.75) is 63.3 Å². The Kier molecular flexibility index (Phi) is 9.27. The quantitative estimate of drug-likeness (QED) is 0.584. The minimum Gasteiger partial charge on any atom is -0.478 e. The maximum atomic E-state index is 9.55. The first-order valence-electron chi connectivity index (χ1n) is 12.2. The average molecular weight is 475 g/mol. The van der Waals surface area contributed by atoms with Crippen LogP contribution in [0.2, 0.25) is 0 Å². The van der Waals surface area contributed by atoms with Gasteiger partial charge in [-0.25, -0.2) is 9.59 Å². The van der Waals surface area contributed by atoms with Crippen molar-refractivity contribution in [2.75, 3.05) is 30.3 Å². The second-order valence-corrected chi connectivity index (χ2v) is 11.1. The van der Waals surface area contributed by atoms with Gasteiger partial charge in [-0.1, -0.05) is 32.0 Å². The van der Waals surface area contributed by atoms with E-state index in [9.17, 15) is 9.59 Å². The molecule has 0 radical (unpaired) electrons. The van der Waals surface area contributed by atoms with Gasteiger partial charge in [0.25, 0.3) is 0 Å². The molecule has 6 nitrogen and oxygen atoms in total. The third kappa shape index (κ3) is 7.00. The van der Waals surface area contributed by atoms with Gasteiger partial charge in [0, 0.05) is 49.3 Å². The fraction of sp³-hybridized carbons (Fsp3) is 0.615. The summed E-state index contributed by atoms with van der Waals surface area (Å²) >= 11 is 2.22. The normalized spacial score (nSPS) is 25.2. The molecule has 1 spiro atoms. The molecule has 0 atom stereocenters. The molecule has 0 unspecified atom stereocenters. The first-order chi connectivity index (χ1) is 15.8. The summed E-state index contributed by atoms with van der Waals surface area (Å²) in [5.74, 6) is 0.625. The fourth-order valence-corrected chi connectivity index (χ4v) is 6.99. The molecule has 33 heavy (non-hydrogen) atoms. The molecule has 3 fully saturated rings. The van der Waals surface area contributed by atoms with E-state index < -0.39 is 11.9 Å². The lowest BCUT2D eigenvalue weighted by Crippen LogP contribution is -2.53. The summed E-state index contributed by atoms with van der Waals surface area (Å²) in [5, 5.41) is 15.6. The first kappa shape index (κ1) is 25.6. The van der Waals surface area contributed by atoms with Crippen molar-refractivity contribution >= 4 is 29.4 Å². The van der Waals surface area contributed by atoms with Gasteiger partial charge < -0.3 is 20.0 Å². The van der Waals surface area contributed by atoms with Gasteiger partial charge in [0.15, 0.2) is 0 Å². The van der Waals surface area contributed by atoms with Crippen molar-refractivity contribution in [2.24, 2.45) is 11.8 Å². The smallest absolute Gasteiger partial charge is 0.328 e. The SMILES string of the molecule is CC(C)[C@H]1CC[C@@H](N2CCC3(CC2)SCCN3c2ccccc2)CC1.O=C(O)/C=C/C(=O)O. The van der Waals surface area contributed by atoms with E-state index in [1.165, 1.54) is 69.6 Å². The molecule has 3 aliphatic rings. The number of anilines is 1. The number of hydrogen-bond donors (Lipinski definition) is 2. The number of para-hydroxylation sites is 1. The maximum Gasteiger partial charge on any atom is 0.328 e. The highest BCUT2D eigenvalue weighted by molar-refractivity contribution is 8.01. The van der Waals surface area contributed by atoms with Crippen molar-refractivity contribution in [1.29, 1.82) is 0 Å². The number of hydrogen-bond acceptors (Lipinski definition) is 5. The van der Waals surface area contributed by atoms with Crippen LogP contribution in [-0.4, -0.2) is 63.4 Å². The van der Waals surface area contributed by atoms with Crippen LogP contribution in [0.3, 0.4) is 0 Å². The van der Waals surface area contributed by atoms with Crippen LogP contribution in [0.1, 0.15) is 52.4 Å². The number of aliphatic carboxylic acids is 2. The molecule has 2 saturated heterocycles. The molecule has 4 rings (SSSR count). The lowest BCUT2D eigenvalue weighted by atomic mass is 9.79. The number of rotatable bonds is 5. The summed E-state index contributed by atoms with van der Waals surface area (Å²) in [5.41, 5.74) is 1.43. The summed E-state index contributed by atoms with van der Waals surface area (Å²) in [7, 11) is 0. The minimum atomic E-state index is -1.26. The highest BCUT2D eigenvalue weighted by Gasteiger charge is 2.45. The predicted molar refractivity (Wildman–Crippen MR) is 135 cm³/mol. The lowest BCUT2D eigenvalue weighted by Gasteiger charge is -2.48. The van der Waals surface area contributed by atoms with Crippen LogP contribution in [0.4, 0.5) is 5.69 Å². The summed E-state index contributed by atoms with van der Waals surface area (Å²) in [6.07, 6.45) is 9.55. The molecule has 0 amide bonds. The van der Waals surface area contributed by atoms with Crippen molar-refractivity contribution in [3.8, 4) is 0 Å². The third-order valence-electron chi connectivity index (χ3n) is 7.39. The molecule has 1 aromatic carbocycles. The molecule has 2 heterocycles. The van der Waals surface area contributed by atoms with Crippen LogP contribution < -0.4 is 4.90 Å². The van der Waals surface area contributed by atoms with Crippen molar-refractivity contribution in [1.82, 2.24) is 4.90 Å². The summed E-state index contributed by atoms with van der Waals surface area (Å²) in [4.78, 5) is 25.0. The monoisotopic (exact) mass is 474 g/mol. The zero-order valence-electron chi connectivity index (χ0n) is 19.9. The molecule has 2 N–H and O–H groups in total. The van der Waals surface area contributed by atoms with Crippen LogP contribution in [0.25, 0.3) is 0 Å². The summed E-state index contributed by atoms with van der Waals surface area (Å²) in [6.45, 7) is 8.63. The molecule has 182 valence electrons. The number of thioether (sulfide) groups is 1. The van der Waals surface area contributed by atoms with Gasteiger partial charge in [0.2, 0.25) is 0 Å². The Balaban J connectivity index is 0.000000331. The topological polar surface area (TPSA) is 81.1 Å². The van der Waals surface area contributed by atoms with Gasteiger partial charge in [-0.15, -0.1) is 11.8 Å². The highest BCUT2D eigenvalue weighted by Crippen LogP contribution is 2.47. The average Bonchev–Trinajstić information content (AvgIpc) is 3.22. The Morgan fingerprint density at radius 3 is 2.06 bits per heavy atom. The van der Waals surface area contributed by atoms with Gasteiger partial charge in [0.05, 0.1) is 4.87 Å². The zero-order chi connectivity index (χ0) is 23.8. The third-order valence-corrected chi connectivity index (χ3v) is 8.95.